The van der Waals surface area contributed by atoms with Gasteiger partial charge in [-0.25, -0.2) is 0 Å². The smallest absolute Gasteiger partial charge is 0.0894 e. The number of unbranched alkanes of at least 4 members (excludes halogenated alkanes) is 2. The van der Waals surface area contributed by atoms with E-state index in [0.717, 1.165) is 6.54 Å². The van der Waals surface area contributed by atoms with Crippen LogP contribution in [0, 0.1) is 5.41 Å². The van der Waals surface area contributed by atoms with Crippen molar-refractivity contribution in [3.05, 3.63) is 0 Å². The topological polar surface area (TPSA) is 52.5 Å². The van der Waals surface area contributed by atoms with Crippen LogP contribution in [0.4, 0.5) is 0 Å². The normalized spacial score (nSPS) is 14.2. The SMILES string of the molecule is CCCCCC(C)(C)CNC[C@H](O)CO. The first-order valence-electron chi connectivity index (χ1n) is 6.01. The summed E-state index contributed by atoms with van der Waals surface area (Å²) in [6.45, 7) is 7.90. The van der Waals surface area contributed by atoms with Gasteiger partial charge in [0.2, 0.25) is 0 Å². The van der Waals surface area contributed by atoms with Crippen LogP contribution in [0.3, 0.4) is 0 Å². The lowest BCUT2D eigenvalue weighted by molar-refractivity contribution is 0.0916. The molecular weight excluding hydrogens is 190 g/mol. The zero-order valence-electron chi connectivity index (χ0n) is 10.4. The summed E-state index contributed by atoms with van der Waals surface area (Å²) in [6, 6.07) is 0. The van der Waals surface area contributed by atoms with Crippen LogP contribution in [-0.4, -0.2) is 36.0 Å². The Bertz CT molecular complexity index is 149. The molecule has 0 aliphatic carbocycles. The van der Waals surface area contributed by atoms with E-state index in [1.807, 2.05) is 0 Å². The fourth-order valence-electron chi connectivity index (χ4n) is 1.58. The Morgan fingerprint density at radius 3 is 2.47 bits per heavy atom. The van der Waals surface area contributed by atoms with Crippen molar-refractivity contribution in [3.8, 4) is 0 Å². The summed E-state index contributed by atoms with van der Waals surface area (Å²) in [7, 11) is 0. The maximum atomic E-state index is 9.16. The molecule has 0 aromatic rings. The van der Waals surface area contributed by atoms with Crippen molar-refractivity contribution >= 4 is 0 Å². The molecular formula is C12H27NO2. The lowest BCUT2D eigenvalue weighted by Crippen LogP contribution is -2.36. The summed E-state index contributed by atoms with van der Waals surface area (Å²) < 4.78 is 0. The van der Waals surface area contributed by atoms with Crippen LogP contribution in [-0.2, 0) is 0 Å². The van der Waals surface area contributed by atoms with Gasteiger partial charge in [-0.2, -0.15) is 0 Å². The molecule has 0 saturated carbocycles. The van der Waals surface area contributed by atoms with E-state index in [1.165, 1.54) is 25.7 Å². The van der Waals surface area contributed by atoms with E-state index in [9.17, 15) is 0 Å². The van der Waals surface area contributed by atoms with Gasteiger partial charge in [0.05, 0.1) is 12.7 Å². The lowest BCUT2D eigenvalue weighted by Gasteiger charge is -2.25. The van der Waals surface area contributed by atoms with Gasteiger partial charge in [-0.15, -0.1) is 0 Å². The Hall–Kier alpha value is -0.120. The average Bonchev–Trinajstić information content (AvgIpc) is 2.17. The van der Waals surface area contributed by atoms with E-state index in [-0.39, 0.29) is 12.0 Å². The average molecular weight is 217 g/mol. The highest BCUT2D eigenvalue weighted by Crippen LogP contribution is 2.22. The molecule has 0 bridgehead atoms. The monoisotopic (exact) mass is 217 g/mol. The highest BCUT2D eigenvalue weighted by molar-refractivity contribution is 4.72. The van der Waals surface area contributed by atoms with Crippen molar-refractivity contribution in [2.45, 2.75) is 52.6 Å². The molecule has 0 aliphatic rings. The first-order valence-corrected chi connectivity index (χ1v) is 6.01. The largest absolute Gasteiger partial charge is 0.394 e. The highest BCUT2D eigenvalue weighted by Gasteiger charge is 2.16. The molecule has 0 saturated heterocycles. The number of hydrogen-bond acceptors (Lipinski definition) is 3. The zero-order chi connectivity index (χ0) is 11.7. The highest BCUT2D eigenvalue weighted by atomic mass is 16.3. The van der Waals surface area contributed by atoms with Crippen LogP contribution in [0.1, 0.15) is 46.5 Å². The van der Waals surface area contributed by atoms with Crippen molar-refractivity contribution in [1.29, 1.82) is 0 Å². The maximum Gasteiger partial charge on any atom is 0.0894 e. The molecule has 0 aliphatic heterocycles. The van der Waals surface area contributed by atoms with E-state index < -0.39 is 6.10 Å². The lowest BCUT2D eigenvalue weighted by atomic mass is 9.87. The molecule has 1 atom stereocenters. The number of aliphatic hydroxyl groups is 2. The first-order chi connectivity index (χ1) is 7.02. The number of hydrogen-bond donors (Lipinski definition) is 3. The fraction of sp³-hybridized carbons (Fsp3) is 1.00. The Balaban J connectivity index is 3.54. The second kappa shape index (κ2) is 8.08. The minimum Gasteiger partial charge on any atom is -0.394 e. The quantitative estimate of drug-likeness (QED) is 0.513. The van der Waals surface area contributed by atoms with Gasteiger partial charge in [0.15, 0.2) is 0 Å². The van der Waals surface area contributed by atoms with Crippen LogP contribution < -0.4 is 5.32 Å². The van der Waals surface area contributed by atoms with E-state index in [1.54, 1.807) is 0 Å². The molecule has 0 radical (unpaired) electrons. The molecule has 0 unspecified atom stereocenters. The maximum absolute atomic E-state index is 9.16. The molecule has 0 aromatic heterocycles. The van der Waals surface area contributed by atoms with Gasteiger partial charge in [0.1, 0.15) is 0 Å². The molecule has 92 valence electrons. The first kappa shape index (κ1) is 14.9. The van der Waals surface area contributed by atoms with Gasteiger partial charge < -0.3 is 15.5 Å². The van der Waals surface area contributed by atoms with E-state index in [4.69, 9.17) is 10.2 Å². The van der Waals surface area contributed by atoms with Crippen molar-refractivity contribution in [3.63, 3.8) is 0 Å². The number of aliphatic hydroxyl groups excluding tert-OH is 2. The van der Waals surface area contributed by atoms with Crippen LogP contribution >= 0.6 is 0 Å². The van der Waals surface area contributed by atoms with E-state index >= 15 is 0 Å². The van der Waals surface area contributed by atoms with Gasteiger partial charge >= 0.3 is 0 Å². The molecule has 3 N–H and O–H groups in total. The van der Waals surface area contributed by atoms with Crippen molar-refractivity contribution < 1.29 is 10.2 Å². The van der Waals surface area contributed by atoms with Gasteiger partial charge in [-0.05, 0) is 11.8 Å². The van der Waals surface area contributed by atoms with E-state index in [2.05, 4.69) is 26.1 Å². The van der Waals surface area contributed by atoms with Crippen LogP contribution in [0.5, 0.6) is 0 Å². The summed E-state index contributed by atoms with van der Waals surface area (Å²) in [5.74, 6) is 0. The Labute approximate surface area is 93.9 Å². The molecule has 15 heavy (non-hydrogen) atoms. The van der Waals surface area contributed by atoms with Crippen molar-refractivity contribution in [1.82, 2.24) is 5.32 Å². The predicted octanol–water partition coefficient (Wildman–Crippen LogP) is 1.54. The molecule has 3 nitrogen and oxygen atoms in total. The van der Waals surface area contributed by atoms with Gasteiger partial charge in [-0.1, -0.05) is 40.0 Å². The summed E-state index contributed by atoms with van der Waals surface area (Å²) in [5.41, 5.74) is 0.282. The minimum absolute atomic E-state index is 0.163. The third-order valence-electron chi connectivity index (χ3n) is 2.65. The zero-order valence-corrected chi connectivity index (χ0v) is 10.4. The third kappa shape index (κ3) is 8.85. The Kier molecular flexibility index (Phi) is 8.02. The van der Waals surface area contributed by atoms with Crippen LogP contribution in [0.2, 0.25) is 0 Å². The summed E-state index contributed by atoms with van der Waals surface area (Å²) in [6.07, 6.45) is 4.41. The molecule has 0 rings (SSSR count). The molecule has 0 spiro atoms. The second-order valence-corrected chi connectivity index (χ2v) is 5.09. The molecule has 0 heterocycles. The predicted molar refractivity (Wildman–Crippen MR) is 63.9 cm³/mol. The Morgan fingerprint density at radius 2 is 1.93 bits per heavy atom. The van der Waals surface area contributed by atoms with Gasteiger partial charge in [0.25, 0.3) is 0 Å². The van der Waals surface area contributed by atoms with Crippen LogP contribution in [0.15, 0.2) is 0 Å². The number of nitrogens with one attached hydrogen (secondary N) is 1. The third-order valence-corrected chi connectivity index (χ3v) is 2.65. The Morgan fingerprint density at radius 1 is 1.27 bits per heavy atom. The van der Waals surface area contributed by atoms with E-state index in [0.29, 0.717) is 6.54 Å². The molecule has 0 aromatic carbocycles. The number of rotatable bonds is 9. The van der Waals surface area contributed by atoms with Crippen molar-refractivity contribution in [2.75, 3.05) is 19.7 Å². The second-order valence-electron chi connectivity index (χ2n) is 5.09. The summed E-state index contributed by atoms with van der Waals surface area (Å²) in [4.78, 5) is 0. The fourth-order valence-corrected chi connectivity index (χ4v) is 1.58. The summed E-state index contributed by atoms with van der Waals surface area (Å²) in [5, 5.41) is 21.0. The van der Waals surface area contributed by atoms with Gasteiger partial charge in [0, 0.05) is 13.1 Å². The minimum atomic E-state index is -0.628. The van der Waals surface area contributed by atoms with Crippen molar-refractivity contribution in [2.24, 2.45) is 5.41 Å². The van der Waals surface area contributed by atoms with Crippen LogP contribution in [0.25, 0.3) is 0 Å². The molecule has 0 fully saturated rings. The summed E-state index contributed by atoms with van der Waals surface area (Å²) >= 11 is 0. The molecule has 0 amide bonds. The molecule has 3 heteroatoms. The van der Waals surface area contributed by atoms with Gasteiger partial charge in [-0.3, -0.25) is 0 Å². The standard InChI is InChI=1S/C12H27NO2/c1-4-5-6-7-12(2,3)10-13-8-11(15)9-14/h11,13-15H,4-10H2,1-3H3/t11-/m0/s1.